The molecule has 0 radical (unpaired) electrons. The molecule has 1 fully saturated rings. The Bertz CT molecular complexity index is 1230. The van der Waals surface area contributed by atoms with Crippen molar-refractivity contribution in [3.8, 4) is 5.82 Å². The van der Waals surface area contributed by atoms with E-state index in [0.717, 1.165) is 10.9 Å². The van der Waals surface area contributed by atoms with E-state index in [1.54, 1.807) is 51.3 Å². The number of hydrogen-bond donors (Lipinski definition) is 2. The molecule has 4 heterocycles. The summed E-state index contributed by atoms with van der Waals surface area (Å²) in [5.74, 6) is 0.408. The summed E-state index contributed by atoms with van der Waals surface area (Å²) in [5, 5.41) is 15.0. The Kier molecular flexibility index (Phi) is 4.79. The van der Waals surface area contributed by atoms with Crippen molar-refractivity contribution < 1.29 is 9.59 Å². The van der Waals surface area contributed by atoms with Crippen LogP contribution in [0, 0.1) is 0 Å². The second-order valence-electron chi connectivity index (χ2n) is 7.15. The number of aromatic amines is 1. The molecule has 0 unspecified atom stereocenters. The van der Waals surface area contributed by atoms with Crippen molar-refractivity contribution in [2.75, 3.05) is 31.5 Å². The van der Waals surface area contributed by atoms with Crippen molar-refractivity contribution in [2.24, 2.45) is 0 Å². The number of nitrogens with one attached hydrogen (secondary N) is 2. The van der Waals surface area contributed by atoms with Crippen molar-refractivity contribution in [2.45, 2.75) is 0 Å². The lowest BCUT2D eigenvalue weighted by Crippen LogP contribution is -2.51. The molecular weight excluding hydrogens is 396 g/mol. The highest BCUT2D eigenvalue weighted by molar-refractivity contribution is 6.04. The number of pyridine rings is 1. The van der Waals surface area contributed by atoms with Crippen LogP contribution in [-0.2, 0) is 0 Å². The molecule has 0 saturated carbocycles. The van der Waals surface area contributed by atoms with Gasteiger partial charge in [-0.25, -0.2) is 14.5 Å². The maximum absolute atomic E-state index is 12.9. The number of nitrogens with zero attached hydrogens (tertiary/aromatic N) is 6. The van der Waals surface area contributed by atoms with E-state index in [9.17, 15) is 9.59 Å². The number of H-pyrrole nitrogens is 1. The van der Waals surface area contributed by atoms with Crippen LogP contribution in [0.1, 0.15) is 10.5 Å². The molecule has 0 bridgehead atoms. The predicted molar refractivity (Wildman–Crippen MR) is 114 cm³/mol. The Morgan fingerprint density at radius 1 is 0.935 bits per heavy atom. The van der Waals surface area contributed by atoms with Crippen molar-refractivity contribution in [3.05, 3.63) is 66.7 Å². The highest BCUT2D eigenvalue weighted by atomic mass is 16.2. The monoisotopic (exact) mass is 416 g/mol. The minimum absolute atomic E-state index is 0.134. The summed E-state index contributed by atoms with van der Waals surface area (Å²) in [6, 6.07) is 12.6. The lowest BCUT2D eigenvalue weighted by molar-refractivity contribution is 0.0667. The zero-order valence-corrected chi connectivity index (χ0v) is 16.6. The molecule has 1 aliphatic heterocycles. The van der Waals surface area contributed by atoms with Gasteiger partial charge in [0, 0.05) is 50.2 Å². The van der Waals surface area contributed by atoms with E-state index in [1.165, 1.54) is 0 Å². The average Bonchev–Trinajstić information content (AvgIpc) is 3.49. The SMILES string of the molecule is O=C(Nc1cccnc1-n1cccn1)N1CCN(C(=O)c2n[nH]c3ccccc23)CC1. The molecule has 0 aliphatic carbocycles. The summed E-state index contributed by atoms with van der Waals surface area (Å²) in [6.07, 6.45) is 5.07. The van der Waals surface area contributed by atoms with Crippen LogP contribution in [0.15, 0.2) is 61.1 Å². The smallest absolute Gasteiger partial charge is 0.322 e. The highest BCUT2D eigenvalue weighted by Crippen LogP contribution is 2.19. The van der Waals surface area contributed by atoms with Crippen LogP contribution in [0.25, 0.3) is 16.7 Å². The number of fused-ring (bicyclic) bond motifs is 1. The third kappa shape index (κ3) is 3.59. The van der Waals surface area contributed by atoms with Crippen LogP contribution in [0.3, 0.4) is 0 Å². The van der Waals surface area contributed by atoms with E-state index in [2.05, 4.69) is 25.6 Å². The molecular formula is C21H20N8O2. The zero-order valence-electron chi connectivity index (χ0n) is 16.6. The molecule has 5 rings (SSSR count). The average molecular weight is 416 g/mol. The van der Waals surface area contributed by atoms with E-state index in [4.69, 9.17) is 0 Å². The fourth-order valence-electron chi connectivity index (χ4n) is 3.65. The largest absolute Gasteiger partial charge is 0.334 e. The van der Waals surface area contributed by atoms with Crippen LogP contribution in [-0.4, -0.2) is 72.9 Å². The summed E-state index contributed by atoms with van der Waals surface area (Å²) in [6.45, 7) is 1.73. The molecule has 4 aromatic rings. The summed E-state index contributed by atoms with van der Waals surface area (Å²) >= 11 is 0. The van der Waals surface area contributed by atoms with Crippen molar-refractivity contribution in [1.29, 1.82) is 0 Å². The zero-order chi connectivity index (χ0) is 21.2. The lowest BCUT2D eigenvalue weighted by Gasteiger charge is -2.34. The summed E-state index contributed by atoms with van der Waals surface area (Å²) < 4.78 is 1.60. The maximum atomic E-state index is 12.9. The van der Waals surface area contributed by atoms with Gasteiger partial charge in [0.1, 0.15) is 0 Å². The Morgan fingerprint density at radius 2 is 1.74 bits per heavy atom. The number of rotatable bonds is 3. The normalized spacial score (nSPS) is 14.1. The molecule has 10 heteroatoms. The second-order valence-corrected chi connectivity index (χ2v) is 7.15. The second kappa shape index (κ2) is 7.90. The third-order valence-corrected chi connectivity index (χ3v) is 5.28. The summed E-state index contributed by atoms with van der Waals surface area (Å²) in [4.78, 5) is 33.5. The maximum Gasteiger partial charge on any atom is 0.322 e. The molecule has 10 nitrogen and oxygen atoms in total. The minimum Gasteiger partial charge on any atom is -0.334 e. The first kappa shape index (κ1) is 18.8. The topological polar surface area (TPSA) is 112 Å². The Morgan fingerprint density at radius 3 is 2.55 bits per heavy atom. The predicted octanol–water partition coefficient (Wildman–Crippen LogP) is 2.13. The van der Waals surface area contributed by atoms with Crippen LogP contribution in [0.2, 0.25) is 0 Å². The number of carbonyl (C=O) groups excluding carboxylic acids is 2. The minimum atomic E-state index is -0.237. The number of anilines is 1. The fraction of sp³-hybridized carbons (Fsp3) is 0.190. The van der Waals surface area contributed by atoms with Gasteiger partial charge < -0.3 is 15.1 Å². The van der Waals surface area contributed by atoms with Crippen LogP contribution >= 0.6 is 0 Å². The molecule has 31 heavy (non-hydrogen) atoms. The molecule has 3 amide bonds. The first-order valence-corrected chi connectivity index (χ1v) is 9.94. The molecule has 0 atom stereocenters. The lowest BCUT2D eigenvalue weighted by atomic mass is 10.2. The van der Waals surface area contributed by atoms with Gasteiger partial charge in [-0.3, -0.25) is 9.89 Å². The van der Waals surface area contributed by atoms with E-state index in [0.29, 0.717) is 43.4 Å². The molecule has 2 N–H and O–H groups in total. The summed E-state index contributed by atoms with van der Waals surface area (Å²) in [5.41, 5.74) is 1.80. The first-order chi connectivity index (χ1) is 15.2. The van der Waals surface area contributed by atoms with Crippen LogP contribution < -0.4 is 5.32 Å². The van der Waals surface area contributed by atoms with Gasteiger partial charge in [-0.2, -0.15) is 10.2 Å². The van der Waals surface area contributed by atoms with Crippen molar-refractivity contribution in [1.82, 2.24) is 34.8 Å². The molecule has 1 saturated heterocycles. The van der Waals surface area contributed by atoms with Crippen LogP contribution in [0.4, 0.5) is 10.5 Å². The number of para-hydroxylation sites is 1. The van der Waals surface area contributed by atoms with E-state index < -0.39 is 0 Å². The Hall–Kier alpha value is -4.21. The molecule has 3 aromatic heterocycles. The number of benzene rings is 1. The third-order valence-electron chi connectivity index (χ3n) is 5.28. The standard InChI is InChI=1S/C21H20N8O2/c30-20(18-15-5-1-2-6-16(15)25-26-18)27-11-13-28(14-12-27)21(31)24-17-7-3-8-22-19(17)29-10-4-9-23-29/h1-10H,11-14H2,(H,24,31)(H,25,26). The van der Waals surface area contributed by atoms with Crippen molar-refractivity contribution >= 4 is 28.5 Å². The van der Waals surface area contributed by atoms with E-state index in [1.807, 2.05) is 24.3 Å². The Labute approximate surface area is 177 Å². The molecule has 1 aliphatic rings. The number of aromatic nitrogens is 5. The van der Waals surface area contributed by atoms with Crippen LogP contribution in [0.5, 0.6) is 0 Å². The molecule has 156 valence electrons. The number of hydrogen-bond acceptors (Lipinski definition) is 5. The van der Waals surface area contributed by atoms with Crippen molar-refractivity contribution in [3.63, 3.8) is 0 Å². The van der Waals surface area contributed by atoms with Gasteiger partial charge in [-0.1, -0.05) is 18.2 Å². The Balaban J connectivity index is 1.24. The van der Waals surface area contributed by atoms with Gasteiger partial charge in [0.05, 0.1) is 11.2 Å². The summed E-state index contributed by atoms with van der Waals surface area (Å²) in [7, 11) is 0. The van der Waals surface area contributed by atoms with Gasteiger partial charge in [0.2, 0.25) is 0 Å². The number of piperazine rings is 1. The van der Waals surface area contributed by atoms with Gasteiger partial charge in [0.15, 0.2) is 11.5 Å². The quantitative estimate of drug-likeness (QED) is 0.531. The number of urea groups is 1. The highest BCUT2D eigenvalue weighted by Gasteiger charge is 2.27. The van der Waals surface area contributed by atoms with Gasteiger partial charge in [-0.05, 0) is 24.3 Å². The number of carbonyl (C=O) groups is 2. The van der Waals surface area contributed by atoms with Gasteiger partial charge >= 0.3 is 6.03 Å². The van der Waals surface area contributed by atoms with E-state index >= 15 is 0 Å². The molecule has 1 aromatic carbocycles. The van der Waals surface area contributed by atoms with Gasteiger partial charge in [0.25, 0.3) is 5.91 Å². The molecule has 0 spiro atoms. The first-order valence-electron chi connectivity index (χ1n) is 9.94. The van der Waals surface area contributed by atoms with Gasteiger partial charge in [-0.15, -0.1) is 0 Å². The number of amides is 3. The van der Waals surface area contributed by atoms with E-state index in [-0.39, 0.29) is 11.9 Å². The fourth-order valence-corrected chi connectivity index (χ4v) is 3.65.